The van der Waals surface area contributed by atoms with Crippen molar-refractivity contribution < 1.29 is 17.6 Å². The molecule has 1 aliphatic rings. The molecule has 0 spiro atoms. The molecule has 1 saturated heterocycles. The van der Waals surface area contributed by atoms with Crippen molar-refractivity contribution in [3.8, 4) is 0 Å². The number of carbonyl (C=O) groups excluding carboxylic acids is 1. The SMILES string of the molecule is CCc1ccccc1NC(=O)NCCC1CCN(S(=O)(=O)c2ccc(F)cc2)CC1. The maximum absolute atomic E-state index is 13.1. The third-order valence-electron chi connectivity index (χ3n) is 5.51. The number of sulfonamides is 1. The summed E-state index contributed by atoms with van der Waals surface area (Å²) in [6.45, 7) is 3.44. The summed E-state index contributed by atoms with van der Waals surface area (Å²) in [6, 6.07) is 12.4. The minimum atomic E-state index is -3.59. The van der Waals surface area contributed by atoms with Crippen LogP contribution >= 0.6 is 0 Å². The lowest BCUT2D eigenvalue weighted by Crippen LogP contribution is -2.39. The molecule has 2 aromatic carbocycles. The number of urea groups is 1. The van der Waals surface area contributed by atoms with Gasteiger partial charge in [-0.2, -0.15) is 4.31 Å². The van der Waals surface area contributed by atoms with Crippen LogP contribution in [-0.2, 0) is 16.4 Å². The first-order valence-electron chi connectivity index (χ1n) is 10.3. The number of carbonyl (C=O) groups is 1. The van der Waals surface area contributed by atoms with E-state index in [9.17, 15) is 17.6 Å². The number of nitrogens with zero attached hydrogens (tertiary/aromatic N) is 1. The lowest BCUT2D eigenvalue weighted by molar-refractivity contribution is 0.245. The standard InChI is InChI=1S/C22H28FN3O3S/c1-2-18-5-3-4-6-21(18)25-22(27)24-14-11-17-12-15-26(16-13-17)30(28,29)20-9-7-19(23)8-10-20/h3-10,17H,2,11-16H2,1H3,(H2,24,25,27). The third kappa shape index (κ3) is 5.58. The molecule has 6 nitrogen and oxygen atoms in total. The van der Waals surface area contributed by atoms with Crippen LogP contribution in [-0.4, -0.2) is 38.4 Å². The molecule has 0 unspecified atom stereocenters. The molecular formula is C22H28FN3O3S. The maximum Gasteiger partial charge on any atom is 0.319 e. The Morgan fingerprint density at radius 2 is 1.77 bits per heavy atom. The Morgan fingerprint density at radius 1 is 1.10 bits per heavy atom. The molecule has 1 aliphatic heterocycles. The Labute approximate surface area is 177 Å². The highest BCUT2D eigenvalue weighted by molar-refractivity contribution is 7.89. The molecule has 0 atom stereocenters. The van der Waals surface area contributed by atoms with Gasteiger partial charge in [0, 0.05) is 25.3 Å². The number of halogens is 1. The van der Waals surface area contributed by atoms with Gasteiger partial charge < -0.3 is 10.6 Å². The van der Waals surface area contributed by atoms with Gasteiger partial charge in [-0.1, -0.05) is 25.1 Å². The Bertz CT molecular complexity index is 956. The second kappa shape index (κ2) is 10.0. The van der Waals surface area contributed by atoms with Crippen molar-refractivity contribution in [2.24, 2.45) is 5.92 Å². The van der Waals surface area contributed by atoms with Crippen LogP contribution in [0.2, 0.25) is 0 Å². The fraction of sp³-hybridized carbons (Fsp3) is 0.409. The van der Waals surface area contributed by atoms with Crippen molar-refractivity contribution in [2.75, 3.05) is 25.0 Å². The normalized spacial score (nSPS) is 15.7. The first-order valence-corrected chi connectivity index (χ1v) is 11.7. The summed E-state index contributed by atoms with van der Waals surface area (Å²) in [5, 5.41) is 5.77. The van der Waals surface area contributed by atoms with Crippen molar-refractivity contribution in [1.29, 1.82) is 0 Å². The first-order chi connectivity index (χ1) is 14.4. The van der Waals surface area contributed by atoms with Crippen molar-refractivity contribution >= 4 is 21.7 Å². The van der Waals surface area contributed by atoms with Crippen LogP contribution in [0.25, 0.3) is 0 Å². The van der Waals surface area contributed by atoms with Gasteiger partial charge in [0.15, 0.2) is 0 Å². The molecule has 1 fully saturated rings. The van der Waals surface area contributed by atoms with Crippen molar-refractivity contribution in [3.63, 3.8) is 0 Å². The second-order valence-corrected chi connectivity index (χ2v) is 9.42. The van der Waals surface area contributed by atoms with Crippen molar-refractivity contribution in [2.45, 2.75) is 37.5 Å². The highest BCUT2D eigenvalue weighted by Gasteiger charge is 2.29. The van der Waals surface area contributed by atoms with E-state index >= 15 is 0 Å². The van der Waals surface area contributed by atoms with Gasteiger partial charge in [-0.25, -0.2) is 17.6 Å². The highest BCUT2D eigenvalue weighted by atomic mass is 32.2. The van der Waals surface area contributed by atoms with Crippen molar-refractivity contribution in [1.82, 2.24) is 9.62 Å². The molecular weight excluding hydrogens is 405 g/mol. The van der Waals surface area contributed by atoms with Crippen LogP contribution in [0.3, 0.4) is 0 Å². The summed E-state index contributed by atoms with van der Waals surface area (Å²) in [7, 11) is -3.59. The maximum atomic E-state index is 13.1. The third-order valence-corrected chi connectivity index (χ3v) is 7.42. The summed E-state index contributed by atoms with van der Waals surface area (Å²) >= 11 is 0. The average molecular weight is 434 g/mol. The van der Waals surface area contributed by atoms with Crippen LogP contribution in [0.4, 0.5) is 14.9 Å². The molecule has 2 N–H and O–H groups in total. The number of nitrogens with one attached hydrogen (secondary N) is 2. The summed E-state index contributed by atoms with van der Waals surface area (Å²) in [5.41, 5.74) is 1.90. The number of piperidine rings is 1. The molecule has 0 bridgehead atoms. The van der Waals surface area contributed by atoms with Gasteiger partial charge in [-0.05, 0) is 67.5 Å². The number of aryl methyl sites for hydroxylation is 1. The van der Waals surface area contributed by atoms with E-state index < -0.39 is 15.8 Å². The van der Waals surface area contributed by atoms with E-state index in [0.717, 1.165) is 49.1 Å². The summed E-state index contributed by atoms with van der Waals surface area (Å²) in [4.78, 5) is 12.3. The zero-order chi connectivity index (χ0) is 21.6. The van der Waals surface area contributed by atoms with E-state index in [4.69, 9.17) is 0 Å². The number of amides is 2. The molecule has 0 saturated carbocycles. The molecule has 0 radical (unpaired) electrons. The lowest BCUT2D eigenvalue weighted by atomic mass is 9.95. The fourth-order valence-corrected chi connectivity index (χ4v) is 5.17. The summed E-state index contributed by atoms with van der Waals surface area (Å²) < 4.78 is 39.9. The molecule has 2 aromatic rings. The van der Waals surface area contributed by atoms with E-state index in [1.807, 2.05) is 31.2 Å². The molecule has 0 aromatic heterocycles. The number of hydrogen-bond acceptors (Lipinski definition) is 3. The number of rotatable bonds is 7. The molecule has 162 valence electrons. The van der Waals surface area contributed by atoms with Crippen LogP contribution in [0.1, 0.15) is 31.7 Å². The smallest absolute Gasteiger partial charge is 0.319 e. The number of anilines is 1. The highest BCUT2D eigenvalue weighted by Crippen LogP contribution is 2.25. The average Bonchev–Trinajstić information content (AvgIpc) is 2.75. The minimum Gasteiger partial charge on any atom is -0.338 e. The summed E-state index contributed by atoms with van der Waals surface area (Å²) in [6.07, 6.45) is 3.12. The predicted molar refractivity (Wildman–Crippen MR) is 115 cm³/mol. The zero-order valence-electron chi connectivity index (χ0n) is 17.1. The fourth-order valence-electron chi connectivity index (χ4n) is 3.70. The van der Waals surface area contributed by atoms with Gasteiger partial charge >= 0.3 is 6.03 Å². The monoisotopic (exact) mass is 433 g/mol. The van der Waals surface area contributed by atoms with E-state index in [0.29, 0.717) is 25.6 Å². The van der Waals surface area contributed by atoms with Gasteiger partial charge in [-0.15, -0.1) is 0 Å². The van der Waals surface area contributed by atoms with E-state index in [1.165, 1.54) is 16.4 Å². The van der Waals surface area contributed by atoms with Gasteiger partial charge in [-0.3, -0.25) is 0 Å². The quantitative estimate of drug-likeness (QED) is 0.693. The molecule has 0 aliphatic carbocycles. The Balaban J connectivity index is 1.43. The van der Waals surface area contributed by atoms with Crippen LogP contribution in [0.15, 0.2) is 53.4 Å². The second-order valence-electron chi connectivity index (χ2n) is 7.48. The van der Waals surface area contributed by atoms with Gasteiger partial charge in [0.05, 0.1) is 4.90 Å². The lowest BCUT2D eigenvalue weighted by Gasteiger charge is -2.31. The predicted octanol–water partition coefficient (Wildman–Crippen LogP) is 4.00. The van der Waals surface area contributed by atoms with Crippen molar-refractivity contribution in [3.05, 3.63) is 59.9 Å². The van der Waals surface area contributed by atoms with Crippen LogP contribution < -0.4 is 10.6 Å². The molecule has 8 heteroatoms. The Hall–Kier alpha value is -2.45. The minimum absolute atomic E-state index is 0.119. The van der Waals surface area contributed by atoms with Gasteiger partial charge in [0.1, 0.15) is 5.82 Å². The molecule has 30 heavy (non-hydrogen) atoms. The zero-order valence-corrected chi connectivity index (χ0v) is 17.9. The van der Waals surface area contributed by atoms with E-state index in [2.05, 4.69) is 10.6 Å². The number of hydrogen-bond donors (Lipinski definition) is 2. The number of benzene rings is 2. The van der Waals surface area contributed by atoms with Crippen LogP contribution in [0.5, 0.6) is 0 Å². The van der Waals surface area contributed by atoms with E-state index in [-0.39, 0.29) is 10.9 Å². The molecule has 1 heterocycles. The number of para-hydroxylation sites is 1. The van der Waals surface area contributed by atoms with Gasteiger partial charge in [0.25, 0.3) is 0 Å². The van der Waals surface area contributed by atoms with Gasteiger partial charge in [0.2, 0.25) is 10.0 Å². The first kappa shape index (κ1) is 22.2. The molecule has 3 rings (SSSR count). The van der Waals surface area contributed by atoms with Crippen LogP contribution in [0, 0.1) is 11.7 Å². The summed E-state index contributed by atoms with van der Waals surface area (Å²) in [5.74, 6) is -0.102. The Morgan fingerprint density at radius 3 is 2.43 bits per heavy atom. The largest absolute Gasteiger partial charge is 0.338 e. The topological polar surface area (TPSA) is 78.5 Å². The van der Waals surface area contributed by atoms with E-state index in [1.54, 1.807) is 0 Å². The Kier molecular flexibility index (Phi) is 7.44. The molecule has 2 amide bonds.